The molecule has 0 saturated heterocycles. The molecule has 1 amide bonds. The number of carbonyl (C=O) groups is 2. The predicted molar refractivity (Wildman–Crippen MR) is 106 cm³/mol. The highest BCUT2D eigenvalue weighted by Crippen LogP contribution is 2.37. The van der Waals surface area contributed by atoms with Crippen LogP contribution in [-0.4, -0.2) is 35.0 Å². The predicted octanol–water partition coefficient (Wildman–Crippen LogP) is 4.06. The average molecular weight is 429 g/mol. The van der Waals surface area contributed by atoms with Crippen LogP contribution in [0.2, 0.25) is 0 Å². The Labute approximate surface area is 175 Å². The number of hydrogen-bond donors (Lipinski definition) is 1. The summed E-state index contributed by atoms with van der Waals surface area (Å²) in [6, 6.07) is 12.4. The number of amides is 1. The van der Waals surface area contributed by atoms with Gasteiger partial charge in [0.2, 0.25) is 0 Å². The molecule has 0 aliphatic carbocycles. The molecule has 2 aromatic carbocycles. The van der Waals surface area contributed by atoms with Crippen LogP contribution in [0, 0.1) is 11.6 Å². The molecule has 0 fully saturated rings. The number of rotatable bonds is 4. The lowest BCUT2D eigenvalue weighted by Crippen LogP contribution is -2.42. The number of carbonyl (C=O) groups excluding carboxylic acids is 2. The molecule has 0 radical (unpaired) electrons. The Balaban J connectivity index is 1.54. The third-order valence-electron chi connectivity index (χ3n) is 4.96. The molecule has 0 bridgehead atoms. The lowest BCUT2D eigenvalue weighted by atomic mass is 9.93. The minimum absolute atomic E-state index is 0.324. The van der Waals surface area contributed by atoms with Crippen LogP contribution in [0.3, 0.4) is 0 Å². The summed E-state index contributed by atoms with van der Waals surface area (Å²) >= 11 is 1.63. The van der Waals surface area contributed by atoms with Gasteiger partial charge < -0.3 is 14.7 Å². The molecule has 1 aromatic heterocycles. The average Bonchev–Trinajstić information content (AvgIpc) is 3.20. The zero-order chi connectivity index (χ0) is 21.3. The molecular weight excluding hydrogens is 412 g/mol. The third-order valence-corrected chi connectivity index (χ3v) is 5.96. The van der Waals surface area contributed by atoms with Crippen LogP contribution in [0.4, 0.5) is 8.78 Å². The van der Waals surface area contributed by atoms with Gasteiger partial charge in [0.05, 0.1) is 6.04 Å². The van der Waals surface area contributed by atoms with Crippen LogP contribution in [0.25, 0.3) is 0 Å². The summed E-state index contributed by atoms with van der Waals surface area (Å²) in [5, 5.41) is 11.2. The van der Waals surface area contributed by atoms with Crippen LogP contribution in [-0.2, 0) is 16.0 Å². The SMILES string of the molecule is O=C(OCC(=O)N1CCc2sccc2C1c1ccccc1)c1c(F)cc(O)cc1F. The zero-order valence-electron chi connectivity index (χ0n) is 15.7. The summed E-state index contributed by atoms with van der Waals surface area (Å²) in [6.07, 6.45) is 0.678. The van der Waals surface area contributed by atoms with Gasteiger partial charge in [-0.3, -0.25) is 4.79 Å². The van der Waals surface area contributed by atoms with Gasteiger partial charge in [-0.15, -0.1) is 11.3 Å². The number of aromatic hydroxyl groups is 1. The number of ether oxygens (including phenoxy) is 1. The van der Waals surface area contributed by atoms with Gasteiger partial charge in [0.1, 0.15) is 22.9 Å². The number of hydrogen-bond acceptors (Lipinski definition) is 5. The van der Waals surface area contributed by atoms with Crippen LogP contribution in [0.1, 0.15) is 32.4 Å². The molecule has 1 N–H and O–H groups in total. The Morgan fingerprint density at radius 1 is 1.13 bits per heavy atom. The zero-order valence-corrected chi connectivity index (χ0v) is 16.5. The van der Waals surface area contributed by atoms with Crippen molar-refractivity contribution in [2.75, 3.05) is 13.2 Å². The van der Waals surface area contributed by atoms with Crippen LogP contribution in [0.15, 0.2) is 53.9 Å². The Morgan fingerprint density at radius 3 is 2.53 bits per heavy atom. The van der Waals surface area contributed by atoms with E-state index in [0.29, 0.717) is 25.1 Å². The fraction of sp³-hybridized carbons (Fsp3) is 0.182. The molecule has 4 rings (SSSR count). The van der Waals surface area contributed by atoms with Gasteiger partial charge in [-0.1, -0.05) is 30.3 Å². The molecule has 2 heterocycles. The number of thiophene rings is 1. The first-order valence-electron chi connectivity index (χ1n) is 9.21. The molecule has 5 nitrogen and oxygen atoms in total. The van der Waals surface area contributed by atoms with Crippen molar-refractivity contribution in [3.63, 3.8) is 0 Å². The summed E-state index contributed by atoms with van der Waals surface area (Å²) in [5.74, 6) is -4.93. The van der Waals surface area contributed by atoms with E-state index in [-0.39, 0.29) is 6.04 Å². The molecule has 1 atom stereocenters. The summed E-state index contributed by atoms with van der Waals surface area (Å²) < 4.78 is 32.6. The number of fused-ring (bicyclic) bond motifs is 1. The van der Waals surface area contributed by atoms with Gasteiger partial charge >= 0.3 is 5.97 Å². The molecular formula is C22H17F2NO4S. The number of halogens is 2. The summed E-state index contributed by atoms with van der Waals surface area (Å²) in [4.78, 5) is 27.8. The number of benzene rings is 2. The van der Waals surface area contributed by atoms with Gasteiger partial charge in [-0.05, 0) is 29.0 Å². The minimum Gasteiger partial charge on any atom is -0.508 e. The van der Waals surface area contributed by atoms with Crippen molar-refractivity contribution >= 4 is 23.2 Å². The fourth-order valence-electron chi connectivity index (χ4n) is 3.62. The van der Waals surface area contributed by atoms with E-state index in [4.69, 9.17) is 4.74 Å². The van der Waals surface area contributed by atoms with Crippen molar-refractivity contribution in [3.05, 3.63) is 87.1 Å². The second kappa shape index (κ2) is 8.23. The molecule has 1 aliphatic heterocycles. The highest BCUT2D eigenvalue weighted by atomic mass is 32.1. The van der Waals surface area contributed by atoms with Crippen LogP contribution in [0.5, 0.6) is 5.75 Å². The lowest BCUT2D eigenvalue weighted by Gasteiger charge is -2.36. The quantitative estimate of drug-likeness (QED) is 0.635. The standard InChI is InChI=1S/C22H17F2NO4S/c23-16-10-14(26)11-17(24)20(16)22(28)29-12-19(27)25-8-6-18-15(7-9-30-18)21(25)13-4-2-1-3-5-13/h1-5,7,9-11,21,26H,6,8,12H2. The van der Waals surface area contributed by atoms with E-state index in [9.17, 15) is 23.5 Å². The Hall–Kier alpha value is -3.26. The maximum absolute atomic E-state index is 13.9. The molecule has 3 aromatic rings. The van der Waals surface area contributed by atoms with Gasteiger partial charge in [0.15, 0.2) is 6.61 Å². The van der Waals surface area contributed by atoms with Crippen molar-refractivity contribution in [2.45, 2.75) is 12.5 Å². The van der Waals surface area contributed by atoms with Gasteiger partial charge in [-0.25, -0.2) is 13.6 Å². The second-order valence-corrected chi connectivity index (χ2v) is 7.81. The van der Waals surface area contributed by atoms with E-state index in [1.807, 2.05) is 41.8 Å². The van der Waals surface area contributed by atoms with Crippen molar-refractivity contribution in [3.8, 4) is 5.75 Å². The van der Waals surface area contributed by atoms with E-state index in [2.05, 4.69) is 0 Å². The molecule has 154 valence electrons. The lowest BCUT2D eigenvalue weighted by molar-refractivity contribution is -0.136. The highest BCUT2D eigenvalue weighted by Gasteiger charge is 2.33. The number of esters is 1. The summed E-state index contributed by atoms with van der Waals surface area (Å²) in [5.41, 5.74) is 0.999. The fourth-order valence-corrected chi connectivity index (χ4v) is 4.52. The number of nitrogens with zero attached hydrogens (tertiary/aromatic N) is 1. The molecule has 0 spiro atoms. The maximum atomic E-state index is 13.9. The Morgan fingerprint density at radius 2 is 1.83 bits per heavy atom. The van der Waals surface area contributed by atoms with E-state index < -0.39 is 41.4 Å². The Bertz CT molecular complexity index is 1080. The summed E-state index contributed by atoms with van der Waals surface area (Å²) in [7, 11) is 0. The van der Waals surface area contributed by atoms with Crippen molar-refractivity contribution in [1.29, 1.82) is 0 Å². The third kappa shape index (κ3) is 3.78. The first-order chi connectivity index (χ1) is 14.5. The van der Waals surface area contributed by atoms with Crippen LogP contribution < -0.4 is 0 Å². The monoisotopic (exact) mass is 429 g/mol. The van der Waals surface area contributed by atoms with E-state index in [1.54, 1.807) is 16.2 Å². The first-order valence-corrected chi connectivity index (χ1v) is 10.1. The minimum atomic E-state index is -1.30. The smallest absolute Gasteiger partial charge is 0.344 e. The highest BCUT2D eigenvalue weighted by molar-refractivity contribution is 7.10. The van der Waals surface area contributed by atoms with Crippen molar-refractivity contribution in [2.24, 2.45) is 0 Å². The first kappa shape index (κ1) is 20.0. The summed E-state index contributed by atoms with van der Waals surface area (Å²) in [6.45, 7) is -0.215. The van der Waals surface area contributed by atoms with E-state index >= 15 is 0 Å². The number of phenolic OH excluding ortho intramolecular Hbond substituents is 1. The molecule has 1 unspecified atom stereocenters. The van der Waals surface area contributed by atoms with Gasteiger partial charge in [-0.2, -0.15) is 0 Å². The number of phenols is 1. The van der Waals surface area contributed by atoms with Crippen LogP contribution >= 0.6 is 11.3 Å². The topological polar surface area (TPSA) is 66.8 Å². The van der Waals surface area contributed by atoms with E-state index in [1.165, 1.54) is 4.88 Å². The largest absolute Gasteiger partial charge is 0.508 e. The second-order valence-electron chi connectivity index (χ2n) is 6.81. The van der Waals surface area contributed by atoms with E-state index in [0.717, 1.165) is 11.1 Å². The molecule has 0 saturated carbocycles. The molecule has 1 aliphatic rings. The molecule has 30 heavy (non-hydrogen) atoms. The molecule has 8 heteroatoms. The normalized spacial score (nSPS) is 15.5. The van der Waals surface area contributed by atoms with Crippen molar-refractivity contribution < 1.29 is 28.2 Å². The van der Waals surface area contributed by atoms with Crippen molar-refractivity contribution in [1.82, 2.24) is 4.90 Å². The van der Waals surface area contributed by atoms with Gasteiger partial charge in [0.25, 0.3) is 5.91 Å². The maximum Gasteiger partial charge on any atom is 0.344 e. The van der Waals surface area contributed by atoms with Gasteiger partial charge in [0, 0.05) is 23.6 Å². The Kier molecular flexibility index (Phi) is 5.50.